The Labute approximate surface area is 180 Å². The van der Waals surface area contributed by atoms with Crippen molar-refractivity contribution in [2.75, 3.05) is 19.0 Å². The summed E-state index contributed by atoms with van der Waals surface area (Å²) < 4.78 is 16.8. The molecule has 0 unspecified atom stereocenters. The summed E-state index contributed by atoms with van der Waals surface area (Å²) in [6.07, 6.45) is 1.65. The van der Waals surface area contributed by atoms with Crippen molar-refractivity contribution >= 4 is 11.6 Å². The molecule has 0 saturated heterocycles. The van der Waals surface area contributed by atoms with Crippen LogP contribution in [0.2, 0.25) is 0 Å². The summed E-state index contributed by atoms with van der Waals surface area (Å²) in [6.45, 7) is 2.55. The largest absolute Gasteiger partial charge is 0.495 e. The number of nitrogens with zero attached hydrogens (tertiary/aromatic N) is 1. The average molecular weight is 414 g/mol. The molecule has 0 bridgehead atoms. The van der Waals surface area contributed by atoms with E-state index in [9.17, 15) is 4.79 Å². The van der Waals surface area contributed by atoms with Gasteiger partial charge in [-0.2, -0.15) is 0 Å². The van der Waals surface area contributed by atoms with E-state index in [0.29, 0.717) is 40.8 Å². The topological polar surface area (TPSA) is 73.6 Å². The maximum Gasteiger partial charge on any atom is 0.256 e. The number of ether oxygens (including phenoxy) is 2. The molecule has 4 rings (SSSR count). The molecular formula is C25H22N2O4. The van der Waals surface area contributed by atoms with Crippen molar-refractivity contribution in [3.63, 3.8) is 0 Å². The highest BCUT2D eigenvalue weighted by Gasteiger charge is 2.18. The number of hydrogen-bond acceptors (Lipinski definition) is 5. The molecule has 1 N–H and O–H groups in total. The van der Waals surface area contributed by atoms with Crippen molar-refractivity contribution in [1.82, 2.24) is 4.98 Å². The van der Waals surface area contributed by atoms with Crippen LogP contribution in [0.4, 0.5) is 5.69 Å². The molecule has 0 aliphatic rings. The minimum atomic E-state index is -0.277. The van der Waals surface area contributed by atoms with E-state index >= 15 is 0 Å². The van der Waals surface area contributed by atoms with E-state index in [1.54, 1.807) is 37.6 Å². The fraction of sp³-hybridized carbons (Fsp3) is 0.120. The Morgan fingerprint density at radius 1 is 1.00 bits per heavy atom. The van der Waals surface area contributed by atoms with Crippen LogP contribution in [0.5, 0.6) is 11.5 Å². The highest BCUT2D eigenvalue weighted by atomic mass is 16.5. The molecule has 0 fully saturated rings. The first-order chi connectivity index (χ1) is 15.2. The molecule has 1 aromatic heterocycles. The number of carbonyl (C=O) groups is 1. The summed E-state index contributed by atoms with van der Waals surface area (Å²) in [7, 11) is 1.56. The Balaban J connectivity index is 1.61. The number of amides is 1. The fourth-order valence-corrected chi connectivity index (χ4v) is 3.22. The molecule has 1 amide bonds. The Morgan fingerprint density at radius 2 is 1.74 bits per heavy atom. The zero-order valence-electron chi connectivity index (χ0n) is 17.3. The molecule has 0 aliphatic carbocycles. The Bertz CT molecular complexity index is 1180. The smallest absolute Gasteiger partial charge is 0.256 e. The van der Waals surface area contributed by atoms with Gasteiger partial charge in [0.1, 0.15) is 11.5 Å². The van der Waals surface area contributed by atoms with Gasteiger partial charge in [-0.3, -0.25) is 4.79 Å². The van der Waals surface area contributed by atoms with Gasteiger partial charge in [-0.1, -0.05) is 24.3 Å². The quantitative estimate of drug-likeness (QED) is 0.422. The molecule has 0 radical (unpaired) electrons. The Morgan fingerprint density at radius 3 is 2.52 bits per heavy atom. The van der Waals surface area contributed by atoms with E-state index in [4.69, 9.17) is 13.9 Å². The molecule has 31 heavy (non-hydrogen) atoms. The lowest BCUT2D eigenvalue weighted by molar-refractivity contribution is 0.102. The van der Waals surface area contributed by atoms with Gasteiger partial charge in [0.05, 0.1) is 31.2 Å². The van der Waals surface area contributed by atoms with E-state index in [1.807, 2.05) is 55.5 Å². The highest BCUT2D eigenvalue weighted by molar-refractivity contribution is 6.08. The normalized spacial score (nSPS) is 10.5. The molecule has 0 spiro atoms. The number of rotatable bonds is 7. The minimum Gasteiger partial charge on any atom is -0.495 e. The standard InChI is InChI=1S/C25H22N2O4/c1-3-30-18-14-12-17(13-15-18)23-16-26-25(31-23)20-9-5-4-8-19(20)24(28)27-21-10-6-7-11-22(21)29-2/h4-16H,3H2,1-2H3,(H,27,28). The first-order valence-corrected chi connectivity index (χ1v) is 9.92. The molecule has 0 atom stereocenters. The van der Waals surface area contributed by atoms with E-state index in [0.717, 1.165) is 11.3 Å². The van der Waals surface area contributed by atoms with Crippen LogP contribution in [0.25, 0.3) is 22.8 Å². The number of oxazole rings is 1. The first-order valence-electron chi connectivity index (χ1n) is 9.92. The van der Waals surface area contributed by atoms with Gasteiger partial charge in [-0.15, -0.1) is 0 Å². The zero-order valence-corrected chi connectivity index (χ0v) is 17.3. The predicted octanol–water partition coefficient (Wildman–Crippen LogP) is 5.67. The maximum absolute atomic E-state index is 13.0. The summed E-state index contributed by atoms with van der Waals surface area (Å²) >= 11 is 0. The number of hydrogen-bond donors (Lipinski definition) is 1. The molecule has 1 heterocycles. The van der Waals surface area contributed by atoms with Crippen LogP contribution in [-0.4, -0.2) is 24.6 Å². The van der Waals surface area contributed by atoms with Crippen molar-refractivity contribution in [1.29, 1.82) is 0 Å². The lowest BCUT2D eigenvalue weighted by Crippen LogP contribution is -2.13. The van der Waals surface area contributed by atoms with Crippen molar-refractivity contribution in [2.45, 2.75) is 6.92 Å². The number of aromatic nitrogens is 1. The fourth-order valence-electron chi connectivity index (χ4n) is 3.22. The van der Waals surface area contributed by atoms with Crippen molar-refractivity contribution in [2.24, 2.45) is 0 Å². The van der Waals surface area contributed by atoms with Crippen LogP contribution in [-0.2, 0) is 0 Å². The molecule has 0 saturated carbocycles. The molecule has 0 aliphatic heterocycles. The van der Waals surface area contributed by atoms with Gasteiger partial charge in [0, 0.05) is 11.1 Å². The third kappa shape index (κ3) is 4.43. The molecule has 4 aromatic rings. The summed E-state index contributed by atoms with van der Waals surface area (Å²) in [6, 6.07) is 22.0. The van der Waals surface area contributed by atoms with Crippen molar-refractivity contribution in [3.8, 4) is 34.3 Å². The van der Waals surface area contributed by atoms with Gasteiger partial charge in [-0.05, 0) is 55.5 Å². The number of anilines is 1. The third-order valence-corrected chi connectivity index (χ3v) is 4.71. The monoisotopic (exact) mass is 414 g/mol. The van der Waals surface area contributed by atoms with Crippen LogP contribution in [0, 0.1) is 0 Å². The number of carbonyl (C=O) groups excluding carboxylic acids is 1. The van der Waals surface area contributed by atoms with Crippen molar-refractivity contribution < 1.29 is 18.7 Å². The second-order valence-electron chi connectivity index (χ2n) is 6.69. The molecule has 3 aromatic carbocycles. The molecule has 6 nitrogen and oxygen atoms in total. The summed E-state index contributed by atoms with van der Waals surface area (Å²) in [5.74, 6) is 2.08. The van der Waals surface area contributed by atoms with E-state index in [2.05, 4.69) is 10.3 Å². The number of para-hydroxylation sites is 2. The minimum absolute atomic E-state index is 0.277. The first kappa shape index (κ1) is 20.2. The van der Waals surface area contributed by atoms with E-state index in [1.165, 1.54) is 0 Å². The lowest BCUT2D eigenvalue weighted by Gasteiger charge is -2.11. The van der Waals surface area contributed by atoms with E-state index < -0.39 is 0 Å². The van der Waals surface area contributed by atoms with Gasteiger partial charge < -0.3 is 19.2 Å². The van der Waals surface area contributed by atoms with Gasteiger partial charge >= 0.3 is 0 Å². The Hall–Kier alpha value is -4.06. The predicted molar refractivity (Wildman–Crippen MR) is 119 cm³/mol. The van der Waals surface area contributed by atoms with Gasteiger partial charge in [0.25, 0.3) is 5.91 Å². The highest BCUT2D eigenvalue weighted by Crippen LogP contribution is 2.30. The van der Waals surface area contributed by atoms with Crippen LogP contribution in [0.3, 0.4) is 0 Å². The van der Waals surface area contributed by atoms with Crippen molar-refractivity contribution in [3.05, 3.63) is 84.6 Å². The van der Waals surface area contributed by atoms with Crippen LogP contribution >= 0.6 is 0 Å². The Kier molecular flexibility index (Phi) is 5.98. The second kappa shape index (κ2) is 9.17. The molecule has 156 valence electrons. The van der Waals surface area contributed by atoms with Crippen LogP contribution in [0.1, 0.15) is 17.3 Å². The van der Waals surface area contributed by atoms with Gasteiger partial charge in [0.2, 0.25) is 5.89 Å². The number of nitrogens with one attached hydrogen (secondary N) is 1. The lowest BCUT2D eigenvalue weighted by atomic mass is 10.1. The van der Waals surface area contributed by atoms with Crippen LogP contribution < -0.4 is 14.8 Å². The van der Waals surface area contributed by atoms with Gasteiger partial charge in [0.15, 0.2) is 5.76 Å². The summed E-state index contributed by atoms with van der Waals surface area (Å²) in [4.78, 5) is 17.4. The average Bonchev–Trinajstić information content (AvgIpc) is 3.30. The zero-order chi connectivity index (χ0) is 21.6. The number of benzene rings is 3. The summed E-state index contributed by atoms with van der Waals surface area (Å²) in [5.41, 5.74) is 2.52. The maximum atomic E-state index is 13.0. The van der Waals surface area contributed by atoms with E-state index in [-0.39, 0.29) is 5.91 Å². The second-order valence-corrected chi connectivity index (χ2v) is 6.69. The van der Waals surface area contributed by atoms with Gasteiger partial charge in [-0.25, -0.2) is 4.98 Å². The molecule has 6 heteroatoms. The summed E-state index contributed by atoms with van der Waals surface area (Å²) in [5, 5.41) is 2.90. The van der Waals surface area contributed by atoms with Crippen LogP contribution in [0.15, 0.2) is 83.4 Å². The molecular weight excluding hydrogens is 392 g/mol. The SMILES string of the molecule is CCOc1ccc(-c2cnc(-c3ccccc3C(=O)Nc3ccccc3OC)o2)cc1. The third-order valence-electron chi connectivity index (χ3n) is 4.71. The number of methoxy groups -OCH3 is 1.